The fourth-order valence-corrected chi connectivity index (χ4v) is 3.03. The van der Waals surface area contributed by atoms with Crippen LogP contribution in [0, 0.1) is 11.8 Å². The van der Waals surface area contributed by atoms with Gasteiger partial charge in [-0.25, -0.2) is 0 Å². The monoisotopic (exact) mass is 294 g/mol. The maximum absolute atomic E-state index is 12.0. The fraction of sp³-hybridized carbons (Fsp3) is 0.562. The van der Waals surface area contributed by atoms with Gasteiger partial charge in [0.1, 0.15) is 0 Å². The molecule has 20 heavy (non-hydrogen) atoms. The van der Waals surface area contributed by atoms with E-state index in [0.29, 0.717) is 29.2 Å². The van der Waals surface area contributed by atoms with Gasteiger partial charge in [-0.05, 0) is 30.4 Å². The number of benzene rings is 1. The molecule has 3 nitrogen and oxygen atoms in total. The molecule has 1 aliphatic rings. The quantitative estimate of drug-likeness (QED) is 0.889. The normalized spacial score (nSPS) is 26.2. The number of amides is 1. The predicted octanol–water partition coefficient (Wildman–Crippen LogP) is 3.69. The van der Waals surface area contributed by atoms with Crippen molar-refractivity contribution in [3.8, 4) is 0 Å². The van der Waals surface area contributed by atoms with Crippen LogP contribution in [0.3, 0.4) is 0 Å². The molecule has 1 aromatic rings. The molecule has 0 heterocycles. The first-order chi connectivity index (χ1) is 9.58. The molecule has 1 aromatic carbocycles. The Hall–Kier alpha value is -1.06. The van der Waals surface area contributed by atoms with E-state index >= 15 is 0 Å². The Morgan fingerprint density at radius 2 is 2.05 bits per heavy atom. The van der Waals surface area contributed by atoms with E-state index in [1.807, 2.05) is 18.2 Å². The van der Waals surface area contributed by atoms with Gasteiger partial charge in [-0.2, -0.15) is 0 Å². The van der Waals surface area contributed by atoms with Crippen LogP contribution in [-0.4, -0.2) is 18.5 Å². The zero-order chi connectivity index (χ0) is 14.5. The highest BCUT2D eigenvalue weighted by Gasteiger charge is 2.26. The number of carbonyl (C=O) groups is 1. The summed E-state index contributed by atoms with van der Waals surface area (Å²) < 4.78 is 0. The van der Waals surface area contributed by atoms with Crippen LogP contribution in [0.4, 0.5) is 5.69 Å². The van der Waals surface area contributed by atoms with Crippen LogP contribution in [-0.2, 0) is 4.79 Å². The molecule has 0 radical (unpaired) electrons. The molecule has 0 saturated heterocycles. The highest BCUT2D eigenvalue weighted by molar-refractivity contribution is 6.33. The average molecular weight is 295 g/mol. The molecule has 1 saturated carbocycles. The van der Waals surface area contributed by atoms with Crippen molar-refractivity contribution in [3.63, 3.8) is 0 Å². The molecule has 2 rings (SSSR count). The Labute approximate surface area is 126 Å². The Kier molecular flexibility index (Phi) is 5.44. The van der Waals surface area contributed by atoms with Gasteiger partial charge >= 0.3 is 0 Å². The molecule has 4 heteroatoms. The van der Waals surface area contributed by atoms with E-state index in [1.54, 1.807) is 6.07 Å². The SMILES string of the molecule is CC1CCCC(NCC(=O)Nc2ccccc2Cl)C1C. The van der Waals surface area contributed by atoms with E-state index in [9.17, 15) is 4.79 Å². The van der Waals surface area contributed by atoms with Crippen molar-refractivity contribution in [2.45, 2.75) is 39.2 Å². The van der Waals surface area contributed by atoms with E-state index in [0.717, 1.165) is 12.3 Å². The lowest BCUT2D eigenvalue weighted by atomic mass is 9.78. The van der Waals surface area contributed by atoms with Crippen molar-refractivity contribution in [3.05, 3.63) is 29.3 Å². The minimum atomic E-state index is -0.0384. The number of carbonyl (C=O) groups excluding carboxylic acids is 1. The molecule has 1 amide bonds. The zero-order valence-corrected chi connectivity index (χ0v) is 12.9. The van der Waals surface area contributed by atoms with Crippen molar-refractivity contribution in [2.75, 3.05) is 11.9 Å². The maximum atomic E-state index is 12.0. The van der Waals surface area contributed by atoms with Gasteiger partial charge in [-0.3, -0.25) is 4.79 Å². The minimum absolute atomic E-state index is 0.0384. The lowest BCUT2D eigenvalue weighted by Crippen LogP contribution is -2.43. The number of halogens is 1. The van der Waals surface area contributed by atoms with Gasteiger partial charge in [0.15, 0.2) is 0 Å². The average Bonchev–Trinajstić information content (AvgIpc) is 2.43. The molecule has 2 N–H and O–H groups in total. The lowest BCUT2D eigenvalue weighted by Gasteiger charge is -2.34. The van der Waals surface area contributed by atoms with Crippen LogP contribution in [0.5, 0.6) is 0 Å². The first-order valence-corrected chi connectivity index (χ1v) is 7.73. The number of rotatable bonds is 4. The molecule has 0 spiro atoms. The number of hydrogen-bond acceptors (Lipinski definition) is 2. The molecular weight excluding hydrogens is 272 g/mol. The summed E-state index contributed by atoms with van der Waals surface area (Å²) in [4.78, 5) is 12.0. The number of anilines is 1. The summed E-state index contributed by atoms with van der Waals surface area (Å²) in [7, 11) is 0. The van der Waals surface area contributed by atoms with Crippen LogP contribution in [0.25, 0.3) is 0 Å². The number of hydrogen-bond donors (Lipinski definition) is 2. The molecule has 110 valence electrons. The zero-order valence-electron chi connectivity index (χ0n) is 12.2. The van der Waals surface area contributed by atoms with E-state index in [2.05, 4.69) is 24.5 Å². The van der Waals surface area contributed by atoms with Gasteiger partial charge < -0.3 is 10.6 Å². The van der Waals surface area contributed by atoms with Gasteiger partial charge in [0, 0.05) is 6.04 Å². The predicted molar refractivity (Wildman–Crippen MR) is 84.1 cm³/mol. The van der Waals surface area contributed by atoms with Gasteiger partial charge in [0.2, 0.25) is 5.91 Å². The molecule has 1 fully saturated rings. The Balaban J connectivity index is 1.82. The molecule has 3 atom stereocenters. The third-order valence-corrected chi connectivity index (χ3v) is 4.71. The largest absolute Gasteiger partial charge is 0.324 e. The lowest BCUT2D eigenvalue weighted by molar-refractivity contribution is -0.115. The fourth-order valence-electron chi connectivity index (χ4n) is 2.85. The van der Waals surface area contributed by atoms with Crippen molar-refractivity contribution in [2.24, 2.45) is 11.8 Å². The van der Waals surface area contributed by atoms with Crippen LogP contribution in [0.1, 0.15) is 33.1 Å². The Bertz CT molecular complexity index is 464. The van der Waals surface area contributed by atoms with Gasteiger partial charge in [0.05, 0.1) is 17.3 Å². The summed E-state index contributed by atoms with van der Waals surface area (Å²) in [5.41, 5.74) is 0.672. The summed E-state index contributed by atoms with van der Waals surface area (Å²) in [6.45, 7) is 4.91. The summed E-state index contributed by atoms with van der Waals surface area (Å²) in [5, 5.41) is 6.80. The van der Waals surface area contributed by atoms with Gasteiger partial charge in [-0.1, -0.05) is 50.4 Å². The topological polar surface area (TPSA) is 41.1 Å². The van der Waals surface area contributed by atoms with Crippen molar-refractivity contribution >= 4 is 23.2 Å². The molecule has 0 aliphatic heterocycles. The smallest absolute Gasteiger partial charge is 0.238 e. The third-order valence-electron chi connectivity index (χ3n) is 4.38. The van der Waals surface area contributed by atoms with Crippen molar-refractivity contribution in [1.82, 2.24) is 5.32 Å². The van der Waals surface area contributed by atoms with Crippen molar-refractivity contribution < 1.29 is 4.79 Å². The highest BCUT2D eigenvalue weighted by atomic mass is 35.5. The van der Waals surface area contributed by atoms with E-state index in [4.69, 9.17) is 11.6 Å². The molecule has 1 aliphatic carbocycles. The summed E-state index contributed by atoms with van der Waals surface area (Å²) in [5.74, 6) is 1.31. The highest BCUT2D eigenvalue weighted by Crippen LogP contribution is 2.29. The minimum Gasteiger partial charge on any atom is -0.324 e. The molecule has 0 aromatic heterocycles. The van der Waals surface area contributed by atoms with E-state index in [-0.39, 0.29) is 5.91 Å². The van der Waals surface area contributed by atoms with Crippen LogP contribution >= 0.6 is 11.6 Å². The molecule has 3 unspecified atom stereocenters. The number of para-hydroxylation sites is 1. The van der Waals surface area contributed by atoms with Crippen molar-refractivity contribution in [1.29, 1.82) is 0 Å². The number of nitrogens with one attached hydrogen (secondary N) is 2. The van der Waals surface area contributed by atoms with Crippen LogP contribution in [0.2, 0.25) is 5.02 Å². The summed E-state index contributed by atoms with van der Waals surface area (Å²) in [6.07, 6.45) is 3.70. The first kappa shape index (κ1) is 15.3. The second-order valence-electron chi connectivity index (χ2n) is 5.78. The third kappa shape index (κ3) is 3.97. The van der Waals surface area contributed by atoms with E-state index < -0.39 is 0 Å². The molecular formula is C16H23ClN2O. The maximum Gasteiger partial charge on any atom is 0.238 e. The Morgan fingerprint density at radius 1 is 1.30 bits per heavy atom. The summed E-state index contributed by atoms with van der Waals surface area (Å²) >= 11 is 6.02. The Morgan fingerprint density at radius 3 is 2.80 bits per heavy atom. The standard InChI is InChI=1S/C16H23ClN2O/c1-11-6-5-9-14(12(11)2)18-10-16(20)19-15-8-4-3-7-13(15)17/h3-4,7-8,11-12,14,18H,5-6,9-10H2,1-2H3,(H,19,20). The molecule has 0 bridgehead atoms. The van der Waals surface area contributed by atoms with Crippen LogP contribution in [0.15, 0.2) is 24.3 Å². The summed E-state index contributed by atoms with van der Waals surface area (Å²) in [6, 6.07) is 7.73. The van der Waals surface area contributed by atoms with Gasteiger partial charge in [0.25, 0.3) is 0 Å². The second kappa shape index (κ2) is 7.09. The van der Waals surface area contributed by atoms with Crippen LogP contribution < -0.4 is 10.6 Å². The second-order valence-corrected chi connectivity index (χ2v) is 6.19. The van der Waals surface area contributed by atoms with Gasteiger partial charge in [-0.15, -0.1) is 0 Å². The van der Waals surface area contributed by atoms with E-state index in [1.165, 1.54) is 12.8 Å². The first-order valence-electron chi connectivity index (χ1n) is 7.35.